The minimum absolute atomic E-state index is 0.0995. The molecule has 1 aliphatic heterocycles. The van der Waals surface area contributed by atoms with E-state index in [4.69, 9.17) is 5.73 Å². The number of hydrogen-bond donors (Lipinski definition) is 3. The number of hydrogen-bond acceptors (Lipinski definition) is 4. The van der Waals surface area contributed by atoms with Gasteiger partial charge in [0, 0.05) is 25.3 Å². The number of aliphatic hydroxyl groups is 1. The Labute approximate surface area is 113 Å². The Morgan fingerprint density at radius 3 is 3.05 bits per heavy atom. The van der Waals surface area contributed by atoms with Gasteiger partial charge in [-0.15, -0.1) is 0 Å². The van der Waals surface area contributed by atoms with Crippen LogP contribution in [0.5, 0.6) is 0 Å². The fraction of sp³-hybridized carbons (Fsp3) is 0.500. The van der Waals surface area contributed by atoms with Crippen LogP contribution in [0.15, 0.2) is 18.2 Å². The van der Waals surface area contributed by atoms with Crippen molar-refractivity contribution in [3.63, 3.8) is 0 Å². The summed E-state index contributed by atoms with van der Waals surface area (Å²) in [5.74, 6) is -0.0995. The van der Waals surface area contributed by atoms with E-state index in [1.807, 2.05) is 17.9 Å². The Bertz CT molecular complexity index is 462. The van der Waals surface area contributed by atoms with Gasteiger partial charge in [-0.2, -0.15) is 0 Å². The van der Waals surface area contributed by atoms with E-state index in [0.29, 0.717) is 24.3 Å². The van der Waals surface area contributed by atoms with Crippen LogP contribution in [-0.4, -0.2) is 36.8 Å². The molecule has 104 valence electrons. The molecule has 0 aromatic heterocycles. The summed E-state index contributed by atoms with van der Waals surface area (Å²) in [7, 11) is 0. The number of piperidine rings is 1. The van der Waals surface area contributed by atoms with Crippen LogP contribution in [0.25, 0.3) is 0 Å². The standard InChI is InChI=1S/C14H21N3O2/c1-2-16-14(19)12-6-5-10(15)8-13(12)17-7-3-4-11(18)9-17/h5-6,8,11,18H,2-4,7,9,15H2,1H3,(H,16,19). The number of nitrogens with zero attached hydrogens (tertiary/aromatic N) is 1. The van der Waals surface area contributed by atoms with E-state index in [1.165, 1.54) is 0 Å². The zero-order valence-electron chi connectivity index (χ0n) is 11.2. The van der Waals surface area contributed by atoms with E-state index in [-0.39, 0.29) is 12.0 Å². The molecule has 19 heavy (non-hydrogen) atoms. The highest BCUT2D eigenvalue weighted by molar-refractivity contribution is 6.00. The van der Waals surface area contributed by atoms with Gasteiger partial charge < -0.3 is 21.1 Å². The normalized spacial score (nSPS) is 19.3. The number of rotatable bonds is 3. The van der Waals surface area contributed by atoms with E-state index < -0.39 is 0 Å². The summed E-state index contributed by atoms with van der Waals surface area (Å²) in [6.45, 7) is 3.87. The summed E-state index contributed by atoms with van der Waals surface area (Å²) >= 11 is 0. The number of nitrogens with two attached hydrogens (primary N) is 1. The van der Waals surface area contributed by atoms with Crippen LogP contribution < -0.4 is 16.0 Å². The van der Waals surface area contributed by atoms with Crippen LogP contribution in [0.2, 0.25) is 0 Å². The lowest BCUT2D eigenvalue weighted by Gasteiger charge is -2.33. The zero-order chi connectivity index (χ0) is 13.8. The lowest BCUT2D eigenvalue weighted by molar-refractivity contribution is 0.0955. The van der Waals surface area contributed by atoms with Gasteiger partial charge in [0.25, 0.3) is 5.91 Å². The van der Waals surface area contributed by atoms with Crippen LogP contribution in [0.4, 0.5) is 11.4 Å². The minimum atomic E-state index is -0.336. The Morgan fingerprint density at radius 1 is 1.58 bits per heavy atom. The van der Waals surface area contributed by atoms with E-state index in [2.05, 4.69) is 5.32 Å². The first-order valence-electron chi connectivity index (χ1n) is 6.72. The number of aliphatic hydroxyl groups excluding tert-OH is 1. The lowest BCUT2D eigenvalue weighted by atomic mass is 10.0. The van der Waals surface area contributed by atoms with Crippen molar-refractivity contribution in [3.8, 4) is 0 Å². The number of anilines is 2. The molecule has 1 saturated heterocycles. The SMILES string of the molecule is CCNC(=O)c1ccc(N)cc1N1CCCC(O)C1. The monoisotopic (exact) mass is 263 g/mol. The maximum Gasteiger partial charge on any atom is 0.253 e. The van der Waals surface area contributed by atoms with Gasteiger partial charge in [0.1, 0.15) is 0 Å². The minimum Gasteiger partial charge on any atom is -0.399 e. The molecule has 1 aromatic rings. The maximum atomic E-state index is 12.1. The highest BCUT2D eigenvalue weighted by atomic mass is 16.3. The molecule has 1 fully saturated rings. The quantitative estimate of drug-likeness (QED) is 0.710. The fourth-order valence-corrected chi connectivity index (χ4v) is 2.43. The molecule has 5 nitrogen and oxygen atoms in total. The molecule has 1 unspecified atom stereocenters. The molecule has 1 aromatic carbocycles. The maximum absolute atomic E-state index is 12.1. The Hall–Kier alpha value is -1.75. The van der Waals surface area contributed by atoms with Crippen LogP contribution in [0.3, 0.4) is 0 Å². The van der Waals surface area contributed by atoms with Gasteiger partial charge >= 0.3 is 0 Å². The van der Waals surface area contributed by atoms with Crippen molar-refractivity contribution in [1.29, 1.82) is 0 Å². The van der Waals surface area contributed by atoms with Crippen LogP contribution in [0, 0.1) is 0 Å². The number of carbonyl (C=O) groups excluding carboxylic acids is 1. The van der Waals surface area contributed by atoms with Crippen molar-refractivity contribution in [2.24, 2.45) is 0 Å². The average Bonchev–Trinajstić information content (AvgIpc) is 2.39. The van der Waals surface area contributed by atoms with Gasteiger partial charge in [0.05, 0.1) is 17.4 Å². The van der Waals surface area contributed by atoms with Crippen molar-refractivity contribution < 1.29 is 9.90 Å². The summed E-state index contributed by atoms with van der Waals surface area (Å²) in [4.78, 5) is 14.1. The molecule has 0 radical (unpaired) electrons. The van der Waals surface area contributed by atoms with E-state index in [0.717, 1.165) is 25.1 Å². The summed E-state index contributed by atoms with van der Waals surface area (Å²) in [6, 6.07) is 5.29. The first kappa shape index (κ1) is 13.7. The predicted octanol–water partition coefficient (Wildman–Crippen LogP) is 0.980. The molecule has 0 aliphatic carbocycles. The van der Waals surface area contributed by atoms with Crippen molar-refractivity contribution in [3.05, 3.63) is 23.8 Å². The number of carbonyl (C=O) groups is 1. The molecule has 5 heteroatoms. The molecule has 1 amide bonds. The first-order valence-corrected chi connectivity index (χ1v) is 6.72. The number of β-amino-alcohol motifs (C(OH)–C–C–N with tert-alkyl or cyclic N) is 1. The van der Waals surface area contributed by atoms with Gasteiger partial charge in [-0.25, -0.2) is 0 Å². The summed E-state index contributed by atoms with van der Waals surface area (Å²) in [6.07, 6.45) is 1.40. The molecular formula is C14H21N3O2. The van der Waals surface area contributed by atoms with Crippen LogP contribution >= 0.6 is 0 Å². The third-order valence-electron chi connectivity index (χ3n) is 3.34. The van der Waals surface area contributed by atoms with Gasteiger partial charge in [-0.1, -0.05) is 0 Å². The van der Waals surface area contributed by atoms with E-state index in [9.17, 15) is 9.90 Å². The van der Waals surface area contributed by atoms with E-state index in [1.54, 1.807) is 12.1 Å². The Balaban J connectivity index is 2.31. The largest absolute Gasteiger partial charge is 0.399 e. The second-order valence-electron chi connectivity index (χ2n) is 4.88. The third kappa shape index (κ3) is 3.17. The van der Waals surface area contributed by atoms with Crippen molar-refractivity contribution in [2.75, 3.05) is 30.3 Å². The number of nitrogens with one attached hydrogen (secondary N) is 1. The van der Waals surface area contributed by atoms with Gasteiger partial charge in [-0.3, -0.25) is 4.79 Å². The second-order valence-corrected chi connectivity index (χ2v) is 4.88. The number of nitrogen functional groups attached to an aromatic ring is 1. The lowest BCUT2D eigenvalue weighted by Crippen LogP contribution is -2.39. The van der Waals surface area contributed by atoms with Gasteiger partial charge in [-0.05, 0) is 38.0 Å². The average molecular weight is 263 g/mol. The molecule has 1 heterocycles. The van der Waals surface area contributed by atoms with Crippen LogP contribution in [-0.2, 0) is 0 Å². The summed E-state index contributed by atoms with van der Waals surface area (Å²) in [5, 5.41) is 12.6. The molecule has 0 spiro atoms. The number of benzene rings is 1. The first-order chi connectivity index (χ1) is 9.11. The Kier molecular flexibility index (Phi) is 4.27. The van der Waals surface area contributed by atoms with E-state index >= 15 is 0 Å². The highest BCUT2D eigenvalue weighted by Crippen LogP contribution is 2.26. The molecule has 0 saturated carbocycles. The molecule has 1 aliphatic rings. The molecule has 0 bridgehead atoms. The predicted molar refractivity (Wildman–Crippen MR) is 76.3 cm³/mol. The zero-order valence-corrected chi connectivity index (χ0v) is 11.2. The van der Waals surface area contributed by atoms with Crippen LogP contribution in [0.1, 0.15) is 30.1 Å². The van der Waals surface area contributed by atoms with Gasteiger partial charge in [0.2, 0.25) is 0 Å². The Morgan fingerprint density at radius 2 is 2.37 bits per heavy atom. The third-order valence-corrected chi connectivity index (χ3v) is 3.34. The highest BCUT2D eigenvalue weighted by Gasteiger charge is 2.22. The topological polar surface area (TPSA) is 78.6 Å². The fourth-order valence-electron chi connectivity index (χ4n) is 2.43. The molecular weight excluding hydrogens is 242 g/mol. The molecule has 4 N–H and O–H groups in total. The smallest absolute Gasteiger partial charge is 0.253 e. The van der Waals surface area contributed by atoms with Crippen molar-refractivity contribution >= 4 is 17.3 Å². The molecule has 2 rings (SSSR count). The van der Waals surface area contributed by atoms with Crippen molar-refractivity contribution in [1.82, 2.24) is 5.32 Å². The second kappa shape index (κ2) is 5.93. The summed E-state index contributed by atoms with van der Waals surface area (Å²) in [5.41, 5.74) is 7.88. The molecule has 1 atom stereocenters. The van der Waals surface area contributed by atoms with Gasteiger partial charge in [0.15, 0.2) is 0 Å². The summed E-state index contributed by atoms with van der Waals surface area (Å²) < 4.78 is 0. The van der Waals surface area contributed by atoms with Crippen molar-refractivity contribution in [2.45, 2.75) is 25.9 Å². The number of amides is 1.